The van der Waals surface area contributed by atoms with Crippen LogP contribution in [0.1, 0.15) is 39.0 Å². The smallest absolute Gasteiger partial charge is 0.0526 e. The fraction of sp³-hybridized carbons (Fsp3) is 1.00. The van der Waals surface area contributed by atoms with Crippen LogP contribution in [0.5, 0.6) is 0 Å². The average Bonchev–Trinajstić information content (AvgIpc) is 1.97. The molecule has 5 N–H and O–H groups in total. The van der Waals surface area contributed by atoms with Gasteiger partial charge in [0.05, 0.1) is 6.10 Å². The minimum Gasteiger partial charge on any atom is -0.393 e. The number of hydrogen-bond acceptors (Lipinski definition) is 3. The lowest BCUT2D eigenvalue weighted by atomic mass is 10.0. The Hall–Kier alpha value is -0.120. The summed E-state index contributed by atoms with van der Waals surface area (Å²) in [6, 6.07) is 0.155. The first-order chi connectivity index (χ1) is 5.66. The van der Waals surface area contributed by atoms with Crippen molar-refractivity contribution in [3.8, 4) is 0 Å². The quantitative estimate of drug-likeness (QED) is 0.495. The standard InChI is InChI=1S/C9H22N2O/c1-8(12)7-9(11)5-3-2-4-6-10/h8-9,12H,2-7,10-11H2,1H3. The monoisotopic (exact) mass is 174 g/mol. The number of aliphatic hydroxyl groups excluding tert-OH is 1. The zero-order valence-corrected chi connectivity index (χ0v) is 8.00. The maximum Gasteiger partial charge on any atom is 0.0526 e. The summed E-state index contributed by atoms with van der Waals surface area (Å²) in [6.45, 7) is 2.55. The largest absolute Gasteiger partial charge is 0.393 e. The number of unbranched alkanes of at least 4 members (excludes halogenated alkanes) is 2. The first kappa shape index (κ1) is 11.9. The van der Waals surface area contributed by atoms with Crippen molar-refractivity contribution in [2.24, 2.45) is 11.5 Å². The summed E-state index contributed by atoms with van der Waals surface area (Å²) < 4.78 is 0. The molecule has 0 saturated carbocycles. The van der Waals surface area contributed by atoms with Crippen LogP contribution >= 0.6 is 0 Å². The molecule has 0 rings (SSSR count). The van der Waals surface area contributed by atoms with Crippen molar-refractivity contribution in [2.45, 2.75) is 51.2 Å². The van der Waals surface area contributed by atoms with Gasteiger partial charge in [-0.3, -0.25) is 0 Å². The van der Waals surface area contributed by atoms with Crippen molar-refractivity contribution in [3.05, 3.63) is 0 Å². The summed E-state index contributed by atoms with van der Waals surface area (Å²) in [6.07, 6.45) is 4.82. The van der Waals surface area contributed by atoms with E-state index < -0.39 is 0 Å². The molecule has 0 amide bonds. The molecule has 3 heteroatoms. The molecule has 0 aromatic heterocycles. The average molecular weight is 174 g/mol. The lowest BCUT2D eigenvalue weighted by Gasteiger charge is -2.12. The number of nitrogens with two attached hydrogens (primary N) is 2. The Morgan fingerprint density at radius 1 is 1.25 bits per heavy atom. The lowest BCUT2D eigenvalue weighted by molar-refractivity contribution is 0.172. The second-order valence-corrected chi connectivity index (χ2v) is 3.48. The van der Waals surface area contributed by atoms with E-state index in [1.165, 1.54) is 0 Å². The first-order valence-corrected chi connectivity index (χ1v) is 4.80. The lowest BCUT2D eigenvalue weighted by Crippen LogP contribution is -2.24. The Bertz CT molecular complexity index is 96.5. The van der Waals surface area contributed by atoms with E-state index >= 15 is 0 Å². The van der Waals surface area contributed by atoms with E-state index in [0.29, 0.717) is 6.42 Å². The van der Waals surface area contributed by atoms with Gasteiger partial charge < -0.3 is 16.6 Å². The predicted octanol–water partition coefficient (Wildman–Crippen LogP) is 0.604. The Morgan fingerprint density at radius 2 is 1.92 bits per heavy atom. The van der Waals surface area contributed by atoms with E-state index in [1.54, 1.807) is 6.92 Å². The molecule has 0 radical (unpaired) electrons. The molecule has 0 spiro atoms. The van der Waals surface area contributed by atoms with Gasteiger partial charge in [0, 0.05) is 6.04 Å². The molecule has 0 aliphatic rings. The summed E-state index contributed by atoms with van der Waals surface area (Å²) in [5.41, 5.74) is 11.1. The Kier molecular flexibility index (Phi) is 7.45. The van der Waals surface area contributed by atoms with Crippen LogP contribution in [-0.2, 0) is 0 Å². The van der Waals surface area contributed by atoms with Gasteiger partial charge in [0.25, 0.3) is 0 Å². The minimum atomic E-state index is -0.269. The Morgan fingerprint density at radius 3 is 2.42 bits per heavy atom. The van der Waals surface area contributed by atoms with Crippen molar-refractivity contribution in [2.75, 3.05) is 6.54 Å². The minimum absolute atomic E-state index is 0.155. The van der Waals surface area contributed by atoms with Crippen LogP contribution < -0.4 is 11.5 Å². The summed E-state index contributed by atoms with van der Waals surface area (Å²) in [7, 11) is 0. The third kappa shape index (κ3) is 7.98. The molecule has 2 atom stereocenters. The Labute approximate surface area is 75.1 Å². The van der Waals surface area contributed by atoms with Crippen molar-refractivity contribution >= 4 is 0 Å². The topological polar surface area (TPSA) is 72.3 Å². The highest BCUT2D eigenvalue weighted by atomic mass is 16.3. The maximum absolute atomic E-state index is 9.03. The van der Waals surface area contributed by atoms with Crippen molar-refractivity contribution in [1.29, 1.82) is 0 Å². The van der Waals surface area contributed by atoms with Gasteiger partial charge in [0.1, 0.15) is 0 Å². The van der Waals surface area contributed by atoms with Crippen molar-refractivity contribution in [3.63, 3.8) is 0 Å². The normalized spacial score (nSPS) is 16.0. The van der Waals surface area contributed by atoms with Crippen LogP contribution in [0, 0.1) is 0 Å². The molecule has 0 aromatic rings. The van der Waals surface area contributed by atoms with Gasteiger partial charge in [-0.1, -0.05) is 12.8 Å². The maximum atomic E-state index is 9.03. The van der Waals surface area contributed by atoms with Gasteiger partial charge in [-0.15, -0.1) is 0 Å². The fourth-order valence-corrected chi connectivity index (χ4v) is 1.28. The van der Waals surface area contributed by atoms with Crippen LogP contribution in [0.3, 0.4) is 0 Å². The fourth-order valence-electron chi connectivity index (χ4n) is 1.28. The van der Waals surface area contributed by atoms with Gasteiger partial charge in [-0.25, -0.2) is 0 Å². The van der Waals surface area contributed by atoms with Crippen LogP contribution in [0.15, 0.2) is 0 Å². The molecule has 0 aliphatic heterocycles. The van der Waals surface area contributed by atoms with Gasteiger partial charge in [0.2, 0.25) is 0 Å². The molecule has 0 fully saturated rings. The molecule has 0 aliphatic carbocycles. The van der Waals surface area contributed by atoms with E-state index in [4.69, 9.17) is 16.6 Å². The van der Waals surface area contributed by atoms with E-state index in [9.17, 15) is 0 Å². The molecular weight excluding hydrogens is 152 g/mol. The molecule has 0 aromatic carbocycles. The third-order valence-electron chi connectivity index (χ3n) is 1.92. The highest BCUT2D eigenvalue weighted by Gasteiger charge is 2.05. The molecule has 2 unspecified atom stereocenters. The highest BCUT2D eigenvalue weighted by Crippen LogP contribution is 2.05. The predicted molar refractivity (Wildman–Crippen MR) is 51.8 cm³/mol. The van der Waals surface area contributed by atoms with E-state index in [2.05, 4.69) is 0 Å². The molecule has 0 bridgehead atoms. The van der Waals surface area contributed by atoms with Crippen LogP contribution in [-0.4, -0.2) is 23.8 Å². The molecule has 12 heavy (non-hydrogen) atoms. The molecule has 0 heterocycles. The zero-order chi connectivity index (χ0) is 9.40. The van der Waals surface area contributed by atoms with Crippen molar-refractivity contribution in [1.82, 2.24) is 0 Å². The van der Waals surface area contributed by atoms with Crippen LogP contribution in [0.25, 0.3) is 0 Å². The summed E-state index contributed by atoms with van der Waals surface area (Å²) in [5.74, 6) is 0. The van der Waals surface area contributed by atoms with Crippen molar-refractivity contribution < 1.29 is 5.11 Å². The van der Waals surface area contributed by atoms with Crippen LogP contribution in [0.4, 0.5) is 0 Å². The van der Waals surface area contributed by atoms with E-state index in [-0.39, 0.29) is 12.1 Å². The summed E-state index contributed by atoms with van der Waals surface area (Å²) >= 11 is 0. The molecule has 74 valence electrons. The number of hydrogen-bond donors (Lipinski definition) is 3. The van der Waals surface area contributed by atoms with Crippen LogP contribution in [0.2, 0.25) is 0 Å². The van der Waals surface area contributed by atoms with Gasteiger partial charge in [-0.2, -0.15) is 0 Å². The molecule has 3 nitrogen and oxygen atoms in total. The molecular formula is C9H22N2O. The van der Waals surface area contributed by atoms with Gasteiger partial charge in [-0.05, 0) is 32.7 Å². The number of aliphatic hydroxyl groups is 1. The third-order valence-corrected chi connectivity index (χ3v) is 1.92. The zero-order valence-electron chi connectivity index (χ0n) is 8.00. The molecule has 0 saturated heterocycles. The summed E-state index contributed by atoms with van der Waals surface area (Å²) in [5, 5.41) is 9.03. The second-order valence-electron chi connectivity index (χ2n) is 3.48. The Balaban J connectivity index is 3.14. The summed E-state index contributed by atoms with van der Waals surface area (Å²) in [4.78, 5) is 0. The second kappa shape index (κ2) is 7.53. The van der Waals surface area contributed by atoms with E-state index in [0.717, 1.165) is 32.2 Å². The van der Waals surface area contributed by atoms with E-state index in [1.807, 2.05) is 0 Å². The number of rotatable bonds is 7. The van der Waals surface area contributed by atoms with Gasteiger partial charge in [0.15, 0.2) is 0 Å². The SMILES string of the molecule is CC(O)CC(N)CCCCCN. The van der Waals surface area contributed by atoms with Gasteiger partial charge >= 0.3 is 0 Å². The highest BCUT2D eigenvalue weighted by molar-refractivity contribution is 4.64. The first-order valence-electron chi connectivity index (χ1n) is 4.80.